The Hall–Kier alpha value is -2.12. The van der Waals surface area contributed by atoms with Gasteiger partial charge in [0.1, 0.15) is 11.6 Å². The molecule has 0 aliphatic carbocycles. The molecule has 21 heavy (non-hydrogen) atoms. The summed E-state index contributed by atoms with van der Waals surface area (Å²) in [4.78, 5) is 0. The first-order valence-electron chi connectivity index (χ1n) is 6.13. The van der Waals surface area contributed by atoms with Crippen molar-refractivity contribution >= 4 is 15.7 Å². The number of sulfonamides is 1. The van der Waals surface area contributed by atoms with Crippen molar-refractivity contribution in [3.05, 3.63) is 59.4 Å². The summed E-state index contributed by atoms with van der Waals surface area (Å²) in [6.45, 7) is 0.333. The number of halogens is 1. The summed E-state index contributed by atoms with van der Waals surface area (Å²) in [6, 6.07) is 10.5. The van der Waals surface area contributed by atoms with Crippen LogP contribution in [0.1, 0.15) is 11.1 Å². The van der Waals surface area contributed by atoms with E-state index in [-0.39, 0.29) is 11.5 Å². The molecule has 0 atom stereocenters. The van der Waals surface area contributed by atoms with Crippen molar-refractivity contribution in [2.75, 3.05) is 5.32 Å². The number of rotatable bonds is 5. The Morgan fingerprint density at radius 2 is 1.76 bits per heavy atom. The van der Waals surface area contributed by atoms with E-state index in [1.165, 1.54) is 12.1 Å². The molecule has 0 spiro atoms. The molecule has 2 aromatic carbocycles. The van der Waals surface area contributed by atoms with E-state index in [2.05, 4.69) is 5.32 Å². The van der Waals surface area contributed by atoms with E-state index >= 15 is 0 Å². The lowest BCUT2D eigenvalue weighted by molar-refractivity contribution is 0.468. The van der Waals surface area contributed by atoms with Crippen LogP contribution in [-0.2, 0) is 22.3 Å². The predicted octanol–water partition coefficient (Wildman–Crippen LogP) is 1.93. The van der Waals surface area contributed by atoms with Crippen molar-refractivity contribution in [2.24, 2.45) is 5.14 Å². The molecule has 2 aromatic rings. The van der Waals surface area contributed by atoms with Gasteiger partial charge in [-0.05, 0) is 35.4 Å². The maximum atomic E-state index is 13.1. The van der Waals surface area contributed by atoms with Gasteiger partial charge in [-0.25, -0.2) is 17.9 Å². The van der Waals surface area contributed by atoms with Crippen LogP contribution in [0.3, 0.4) is 0 Å². The van der Waals surface area contributed by atoms with Crippen LogP contribution in [0.5, 0.6) is 5.75 Å². The smallest absolute Gasteiger partial charge is 0.213 e. The fourth-order valence-electron chi connectivity index (χ4n) is 1.89. The molecule has 0 unspecified atom stereocenters. The number of phenolic OH excluding ortho intramolecular Hbond substituents is 1. The van der Waals surface area contributed by atoms with Crippen molar-refractivity contribution < 1.29 is 17.9 Å². The van der Waals surface area contributed by atoms with Crippen LogP contribution in [0, 0.1) is 5.82 Å². The van der Waals surface area contributed by atoms with Gasteiger partial charge in [-0.2, -0.15) is 0 Å². The van der Waals surface area contributed by atoms with E-state index in [0.29, 0.717) is 17.7 Å². The normalized spacial score (nSPS) is 11.3. The summed E-state index contributed by atoms with van der Waals surface area (Å²) in [7, 11) is -3.54. The Kier molecular flexibility index (Phi) is 4.44. The molecule has 0 aromatic heterocycles. The second-order valence-electron chi connectivity index (χ2n) is 4.68. The van der Waals surface area contributed by atoms with Gasteiger partial charge in [0.15, 0.2) is 0 Å². The molecule has 0 amide bonds. The Bertz CT molecular complexity index is 710. The van der Waals surface area contributed by atoms with Gasteiger partial charge in [-0.1, -0.05) is 12.1 Å². The zero-order valence-corrected chi connectivity index (χ0v) is 11.9. The summed E-state index contributed by atoms with van der Waals surface area (Å²) in [6.07, 6.45) is 0. The molecule has 0 bridgehead atoms. The Morgan fingerprint density at radius 3 is 2.33 bits per heavy atom. The highest BCUT2D eigenvalue weighted by Gasteiger charge is 2.05. The minimum absolute atomic E-state index is 0.129. The monoisotopic (exact) mass is 310 g/mol. The topological polar surface area (TPSA) is 92.4 Å². The van der Waals surface area contributed by atoms with Crippen molar-refractivity contribution in [1.82, 2.24) is 0 Å². The van der Waals surface area contributed by atoms with Gasteiger partial charge in [0.25, 0.3) is 0 Å². The first kappa shape index (κ1) is 15.3. The van der Waals surface area contributed by atoms with Crippen LogP contribution < -0.4 is 10.5 Å². The second-order valence-corrected chi connectivity index (χ2v) is 6.29. The molecule has 0 saturated heterocycles. The molecule has 2 rings (SSSR count). The van der Waals surface area contributed by atoms with E-state index in [9.17, 15) is 17.9 Å². The summed E-state index contributed by atoms with van der Waals surface area (Å²) in [5.41, 5.74) is 1.93. The molecule has 4 N–H and O–H groups in total. The molecule has 0 radical (unpaired) electrons. The summed E-state index contributed by atoms with van der Waals surface area (Å²) in [5, 5.41) is 17.3. The molecule has 112 valence electrons. The third-order valence-corrected chi connectivity index (χ3v) is 3.50. The number of hydrogen-bond donors (Lipinski definition) is 3. The van der Waals surface area contributed by atoms with E-state index < -0.39 is 15.8 Å². The van der Waals surface area contributed by atoms with Crippen LogP contribution in [0.25, 0.3) is 0 Å². The summed E-state index contributed by atoms with van der Waals surface area (Å²) >= 11 is 0. The van der Waals surface area contributed by atoms with Gasteiger partial charge in [-0.15, -0.1) is 0 Å². The van der Waals surface area contributed by atoms with Gasteiger partial charge in [0, 0.05) is 18.3 Å². The number of benzene rings is 2. The van der Waals surface area contributed by atoms with Crippen molar-refractivity contribution in [3.63, 3.8) is 0 Å². The van der Waals surface area contributed by atoms with Crippen LogP contribution in [0.4, 0.5) is 10.1 Å². The molecule has 0 aliphatic rings. The zero-order valence-electron chi connectivity index (χ0n) is 11.1. The number of primary sulfonamides is 1. The lowest BCUT2D eigenvalue weighted by Gasteiger charge is -2.08. The average Bonchev–Trinajstić information content (AvgIpc) is 2.35. The van der Waals surface area contributed by atoms with Gasteiger partial charge in [0.05, 0.1) is 5.75 Å². The fraction of sp³-hybridized carbons (Fsp3) is 0.143. The van der Waals surface area contributed by atoms with Crippen molar-refractivity contribution in [3.8, 4) is 5.75 Å². The van der Waals surface area contributed by atoms with Gasteiger partial charge < -0.3 is 10.4 Å². The number of nitrogens with two attached hydrogens (primary N) is 1. The first-order chi connectivity index (χ1) is 9.82. The number of phenols is 1. The molecule has 0 aliphatic heterocycles. The standard InChI is InChI=1S/C14H15FN2O3S/c15-12-5-11(6-14(18)7-12)8-17-13-3-1-10(2-4-13)9-21(16,19)20/h1-7,17-18H,8-9H2,(H2,16,19,20). The SMILES string of the molecule is NS(=O)(=O)Cc1ccc(NCc2cc(O)cc(F)c2)cc1. The number of anilines is 1. The van der Waals surface area contributed by atoms with Crippen molar-refractivity contribution in [2.45, 2.75) is 12.3 Å². The average molecular weight is 310 g/mol. The maximum Gasteiger partial charge on any atom is 0.213 e. The lowest BCUT2D eigenvalue weighted by atomic mass is 10.2. The predicted molar refractivity (Wildman–Crippen MR) is 78.6 cm³/mol. The number of aromatic hydroxyl groups is 1. The van der Waals surface area contributed by atoms with Crippen molar-refractivity contribution in [1.29, 1.82) is 0 Å². The summed E-state index contributed by atoms with van der Waals surface area (Å²) in [5.74, 6) is -0.851. The third kappa shape index (κ3) is 5.05. The minimum atomic E-state index is -3.54. The third-order valence-electron chi connectivity index (χ3n) is 2.76. The van der Waals surface area contributed by atoms with Crippen LogP contribution in [0.15, 0.2) is 42.5 Å². The van der Waals surface area contributed by atoms with Gasteiger partial charge in [-0.3, -0.25) is 0 Å². The molecule has 7 heteroatoms. The van der Waals surface area contributed by atoms with E-state index in [1.807, 2.05) is 0 Å². The Balaban J connectivity index is 2.00. The maximum absolute atomic E-state index is 13.1. The van der Waals surface area contributed by atoms with Crippen LogP contribution in [0.2, 0.25) is 0 Å². The largest absolute Gasteiger partial charge is 0.508 e. The highest BCUT2D eigenvalue weighted by molar-refractivity contribution is 7.88. The number of hydrogen-bond acceptors (Lipinski definition) is 4. The Morgan fingerprint density at radius 1 is 1.10 bits per heavy atom. The Labute approximate surface area is 122 Å². The first-order valence-corrected chi connectivity index (χ1v) is 7.85. The molecular formula is C14H15FN2O3S. The highest BCUT2D eigenvalue weighted by atomic mass is 32.2. The summed E-state index contributed by atoms with van der Waals surface area (Å²) < 4.78 is 35.0. The molecule has 0 fully saturated rings. The van der Waals surface area contributed by atoms with Crippen LogP contribution >= 0.6 is 0 Å². The van der Waals surface area contributed by atoms with Crippen LogP contribution in [-0.4, -0.2) is 13.5 Å². The number of nitrogens with one attached hydrogen (secondary N) is 1. The van der Waals surface area contributed by atoms with E-state index in [4.69, 9.17) is 5.14 Å². The van der Waals surface area contributed by atoms with E-state index in [0.717, 1.165) is 11.8 Å². The van der Waals surface area contributed by atoms with Gasteiger partial charge >= 0.3 is 0 Å². The highest BCUT2D eigenvalue weighted by Crippen LogP contribution is 2.17. The molecule has 0 heterocycles. The lowest BCUT2D eigenvalue weighted by Crippen LogP contribution is -2.14. The molecular weight excluding hydrogens is 295 g/mol. The quantitative estimate of drug-likeness (QED) is 0.787. The zero-order chi connectivity index (χ0) is 15.5. The molecule has 5 nitrogen and oxygen atoms in total. The van der Waals surface area contributed by atoms with E-state index in [1.54, 1.807) is 24.3 Å². The minimum Gasteiger partial charge on any atom is -0.508 e. The second kappa shape index (κ2) is 6.11. The molecule has 0 saturated carbocycles. The fourth-order valence-corrected chi connectivity index (χ4v) is 2.55. The van der Waals surface area contributed by atoms with Gasteiger partial charge in [0.2, 0.25) is 10.0 Å².